The van der Waals surface area contributed by atoms with Crippen molar-refractivity contribution in [3.05, 3.63) is 0 Å². The van der Waals surface area contributed by atoms with E-state index in [9.17, 15) is 0 Å². The standard InChI is InChI=1S/C18H39N/c1-4-7-8-9-10-11-12-13-14-15-18(19)16-17(5-2)6-3/h17-18H,4-16,19H2,1-3H3. The van der Waals surface area contributed by atoms with Crippen LogP contribution in [0.2, 0.25) is 0 Å². The Hall–Kier alpha value is -0.0400. The van der Waals surface area contributed by atoms with Crippen molar-refractivity contribution in [2.24, 2.45) is 11.7 Å². The molecule has 0 aliphatic heterocycles. The Morgan fingerprint density at radius 1 is 0.684 bits per heavy atom. The number of unbranched alkanes of at least 4 members (excludes halogenated alkanes) is 8. The summed E-state index contributed by atoms with van der Waals surface area (Å²) in [5.74, 6) is 0.855. The van der Waals surface area contributed by atoms with Gasteiger partial charge in [-0.05, 0) is 18.8 Å². The molecule has 0 aliphatic rings. The summed E-state index contributed by atoms with van der Waals surface area (Å²) in [7, 11) is 0. The molecule has 0 saturated heterocycles. The van der Waals surface area contributed by atoms with Crippen LogP contribution in [0.1, 0.15) is 104 Å². The quantitative estimate of drug-likeness (QED) is 0.381. The third kappa shape index (κ3) is 12.7. The van der Waals surface area contributed by atoms with E-state index < -0.39 is 0 Å². The smallest absolute Gasteiger partial charge is 0.00414 e. The molecule has 19 heavy (non-hydrogen) atoms. The highest BCUT2D eigenvalue weighted by molar-refractivity contribution is 4.67. The highest BCUT2D eigenvalue weighted by Gasteiger charge is 2.09. The molecule has 0 aromatic rings. The lowest BCUT2D eigenvalue weighted by molar-refractivity contribution is 0.388. The Labute approximate surface area is 122 Å². The predicted molar refractivity (Wildman–Crippen MR) is 88.5 cm³/mol. The summed E-state index contributed by atoms with van der Waals surface area (Å²) in [6.45, 7) is 6.86. The largest absolute Gasteiger partial charge is 0.328 e. The highest BCUT2D eigenvalue weighted by atomic mass is 14.6. The molecule has 0 fully saturated rings. The molecule has 2 N–H and O–H groups in total. The van der Waals surface area contributed by atoms with E-state index >= 15 is 0 Å². The van der Waals surface area contributed by atoms with E-state index in [1.807, 2.05) is 0 Å². The highest BCUT2D eigenvalue weighted by Crippen LogP contribution is 2.17. The van der Waals surface area contributed by atoms with Crippen LogP contribution in [0.5, 0.6) is 0 Å². The average molecular weight is 270 g/mol. The van der Waals surface area contributed by atoms with Gasteiger partial charge in [0.1, 0.15) is 0 Å². The molecule has 0 amide bonds. The first-order chi connectivity index (χ1) is 9.24. The molecular weight excluding hydrogens is 230 g/mol. The summed E-state index contributed by atoms with van der Waals surface area (Å²) in [5.41, 5.74) is 6.22. The Balaban J connectivity index is 3.24. The summed E-state index contributed by atoms with van der Waals surface area (Å²) in [6, 6.07) is 0.453. The summed E-state index contributed by atoms with van der Waals surface area (Å²) < 4.78 is 0. The molecule has 0 saturated carbocycles. The van der Waals surface area contributed by atoms with Crippen LogP contribution < -0.4 is 5.73 Å². The van der Waals surface area contributed by atoms with Gasteiger partial charge in [-0.3, -0.25) is 0 Å². The van der Waals surface area contributed by atoms with Gasteiger partial charge in [0, 0.05) is 6.04 Å². The van der Waals surface area contributed by atoms with E-state index in [4.69, 9.17) is 5.73 Å². The molecule has 0 radical (unpaired) electrons. The average Bonchev–Trinajstić information content (AvgIpc) is 2.43. The first-order valence-electron chi connectivity index (χ1n) is 9.00. The molecule has 0 aromatic carbocycles. The number of nitrogens with two attached hydrogens (primary N) is 1. The fourth-order valence-corrected chi connectivity index (χ4v) is 2.89. The molecule has 0 aromatic heterocycles. The summed E-state index contributed by atoms with van der Waals surface area (Å²) >= 11 is 0. The molecule has 1 unspecified atom stereocenters. The maximum absolute atomic E-state index is 6.22. The third-order valence-corrected chi connectivity index (χ3v) is 4.47. The zero-order chi connectivity index (χ0) is 14.3. The molecular formula is C18H39N. The van der Waals surface area contributed by atoms with E-state index in [2.05, 4.69) is 20.8 Å². The Bertz CT molecular complexity index is 163. The van der Waals surface area contributed by atoms with Crippen molar-refractivity contribution in [1.29, 1.82) is 0 Å². The van der Waals surface area contributed by atoms with Crippen LogP contribution in [0.3, 0.4) is 0 Å². The second-order valence-electron chi connectivity index (χ2n) is 6.30. The van der Waals surface area contributed by atoms with Crippen molar-refractivity contribution >= 4 is 0 Å². The van der Waals surface area contributed by atoms with E-state index in [1.165, 1.54) is 83.5 Å². The lowest BCUT2D eigenvalue weighted by atomic mass is 9.92. The number of hydrogen-bond acceptors (Lipinski definition) is 1. The molecule has 0 bridgehead atoms. The van der Waals surface area contributed by atoms with Gasteiger partial charge in [0.2, 0.25) is 0 Å². The van der Waals surface area contributed by atoms with E-state index in [0.717, 1.165) is 5.92 Å². The van der Waals surface area contributed by atoms with E-state index in [0.29, 0.717) is 6.04 Å². The van der Waals surface area contributed by atoms with E-state index in [1.54, 1.807) is 0 Å². The zero-order valence-corrected chi connectivity index (χ0v) is 13.9. The maximum atomic E-state index is 6.22. The Morgan fingerprint density at radius 2 is 1.16 bits per heavy atom. The molecule has 0 heterocycles. The first kappa shape index (κ1) is 19.0. The zero-order valence-electron chi connectivity index (χ0n) is 13.9. The molecule has 1 atom stereocenters. The summed E-state index contributed by atoms with van der Waals surface area (Å²) in [5, 5.41) is 0. The normalized spacial score (nSPS) is 13.1. The van der Waals surface area contributed by atoms with Crippen molar-refractivity contribution in [2.45, 2.75) is 110 Å². The number of hydrogen-bond donors (Lipinski definition) is 1. The van der Waals surface area contributed by atoms with E-state index in [-0.39, 0.29) is 0 Å². The fourth-order valence-electron chi connectivity index (χ4n) is 2.89. The summed E-state index contributed by atoms with van der Waals surface area (Å²) in [4.78, 5) is 0. The van der Waals surface area contributed by atoms with Gasteiger partial charge in [-0.15, -0.1) is 0 Å². The summed E-state index contributed by atoms with van der Waals surface area (Å²) in [6.07, 6.45) is 17.8. The second kappa shape index (κ2) is 14.4. The van der Waals surface area contributed by atoms with Crippen LogP contribution in [0.25, 0.3) is 0 Å². The second-order valence-corrected chi connectivity index (χ2v) is 6.30. The van der Waals surface area contributed by atoms with Crippen molar-refractivity contribution in [2.75, 3.05) is 0 Å². The molecule has 0 aliphatic carbocycles. The third-order valence-electron chi connectivity index (χ3n) is 4.47. The molecule has 0 rings (SSSR count). The minimum Gasteiger partial charge on any atom is -0.328 e. The van der Waals surface area contributed by atoms with Crippen LogP contribution in [0.4, 0.5) is 0 Å². The monoisotopic (exact) mass is 269 g/mol. The van der Waals surface area contributed by atoms with Gasteiger partial charge in [0.05, 0.1) is 0 Å². The van der Waals surface area contributed by atoms with Gasteiger partial charge in [-0.25, -0.2) is 0 Å². The van der Waals surface area contributed by atoms with Crippen LogP contribution in [0, 0.1) is 5.92 Å². The maximum Gasteiger partial charge on any atom is 0.00414 e. The lowest BCUT2D eigenvalue weighted by Crippen LogP contribution is -2.23. The molecule has 0 spiro atoms. The Morgan fingerprint density at radius 3 is 1.63 bits per heavy atom. The van der Waals surface area contributed by atoms with Crippen LogP contribution in [-0.2, 0) is 0 Å². The predicted octanol–water partition coefficient (Wildman–Crippen LogP) is 6.06. The molecule has 116 valence electrons. The van der Waals surface area contributed by atoms with Gasteiger partial charge in [0.15, 0.2) is 0 Å². The number of rotatable bonds is 14. The molecule has 1 heteroatoms. The van der Waals surface area contributed by atoms with Crippen molar-refractivity contribution < 1.29 is 0 Å². The van der Waals surface area contributed by atoms with Gasteiger partial charge in [-0.2, -0.15) is 0 Å². The topological polar surface area (TPSA) is 26.0 Å². The minimum atomic E-state index is 0.453. The Kier molecular flexibility index (Phi) is 14.3. The van der Waals surface area contributed by atoms with Crippen molar-refractivity contribution in [3.8, 4) is 0 Å². The first-order valence-corrected chi connectivity index (χ1v) is 9.00. The van der Waals surface area contributed by atoms with Crippen LogP contribution >= 0.6 is 0 Å². The minimum absolute atomic E-state index is 0.453. The van der Waals surface area contributed by atoms with Crippen LogP contribution in [-0.4, -0.2) is 6.04 Å². The van der Waals surface area contributed by atoms with Crippen LogP contribution in [0.15, 0.2) is 0 Å². The van der Waals surface area contributed by atoms with Gasteiger partial charge >= 0.3 is 0 Å². The molecule has 1 nitrogen and oxygen atoms in total. The fraction of sp³-hybridized carbons (Fsp3) is 1.00. The van der Waals surface area contributed by atoms with Gasteiger partial charge in [0.25, 0.3) is 0 Å². The SMILES string of the molecule is CCCCCCCCCCCC(N)CC(CC)CC. The van der Waals surface area contributed by atoms with Crippen molar-refractivity contribution in [1.82, 2.24) is 0 Å². The van der Waals surface area contributed by atoms with Crippen molar-refractivity contribution in [3.63, 3.8) is 0 Å². The lowest BCUT2D eigenvalue weighted by Gasteiger charge is -2.18. The van der Waals surface area contributed by atoms with Gasteiger partial charge in [-0.1, -0.05) is 91.4 Å². The van der Waals surface area contributed by atoms with Gasteiger partial charge < -0.3 is 5.73 Å².